The first-order valence-corrected chi connectivity index (χ1v) is 10.8. The van der Waals surface area contributed by atoms with Crippen molar-refractivity contribution in [1.29, 1.82) is 0 Å². The smallest absolute Gasteiger partial charge is 0.251 e. The highest BCUT2D eigenvalue weighted by molar-refractivity contribution is 7.89. The average molecular weight is 404 g/mol. The third-order valence-corrected chi connectivity index (χ3v) is 6.28. The van der Waals surface area contributed by atoms with Crippen molar-refractivity contribution in [2.45, 2.75) is 31.7 Å². The number of nitrogens with zero attached hydrogens (tertiary/aromatic N) is 1. The number of benzene rings is 2. The lowest BCUT2D eigenvalue weighted by atomic mass is 10.1. The predicted molar refractivity (Wildman–Crippen MR) is 112 cm³/mol. The molecule has 0 radical (unpaired) electrons. The summed E-state index contributed by atoms with van der Waals surface area (Å²) in [5, 5.41) is 2.88. The first-order chi connectivity index (χ1) is 13.2. The summed E-state index contributed by atoms with van der Waals surface area (Å²) in [5.41, 5.74) is 3.02. The van der Waals surface area contributed by atoms with Crippen LogP contribution >= 0.6 is 0 Å². The van der Waals surface area contributed by atoms with E-state index in [0.717, 1.165) is 25.1 Å². The molecule has 2 rings (SSSR count). The van der Waals surface area contributed by atoms with E-state index in [9.17, 15) is 13.2 Å². The summed E-state index contributed by atoms with van der Waals surface area (Å²) in [5.74, 6) is -0.263. The second kappa shape index (κ2) is 9.82. The van der Waals surface area contributed by atoms with Gasteiger partial charge < -0.3 is 10.2 Å². The molecule has 2 aromatic carbocycles. The maximum atomic E-state index is 12.5. The van der Waals surface area contributed by atoms with Crippen molar-refractivity contribution in [3.8, 4) is 0 Å². The van der Waals surface area contributed by atoms with Gasteiger partial charge in [-0.1, -0.05) is 30.3 Å². The number of sulfonamides is 1. The van der Waals surface area contributed by atoms with Gasteiger partial charge >= 0.3 is 0 Å². The molecule has 6 nitrogen and oxygen atoms in total. The van der Waals surface area contributed by atoms with Gasteiger partial charge in [0, 0.05) is 18.7 Å². The van der Waals surface area contributed by atoms with Crippen molar-refractivity contribution < 1.29 is 13.2 Å². The Morgan fingerprint density at radius 3 is 2.43 bits per heavy atom. The molecule has 0 saturated heterocycles. The largest absolute Gasteiger partial charge is 0.352 e. The molecular formula is C21H29N3O3S. The molecule has 0 aliphatic rings. The quantitative estimate of drug-likeness (QED) is 0.631. The van der Waals surface area contributed by atoms with E-state index in [1.54, 1.807) is 19.9 Å². The fourth-order valence-electron chi connectivity index (χ4n) is 2.97. The van der Waals surface area contributed by atoms with E-state index in [0.29, 0.717) is 17.7 Å². The lowest BCUT2D eigenvalue weighted by Gasteiger charge is -2.17. The fourth-order valence-corrected chi connectivity index (χ4v) is 4.04. The van der Waals surface area contributed by atoms with E-state index in [4.69, 9.17) is 0 Å². The molecular weight excluding hydrogens is 374 g/mol. The van der Waals surface area contributed by atoms with E-state index < -0.39 is 10.0 Å². The molecule has 0 bridgehead atoms. The number of amides is 1. The van der Waals surface area contributed by atoms with Gasteiger partial charge in [0.25, 0.3) is 5.91 Å². The Morgan fingerprint density at radius 2 is 1.79 bits per heavy atom. The Bertz CT molecular complexity index is 912. The topological polar surface area (TPSA) is 78.5 Å². The van der Waals surface area contributed by atoms with Gasteiger partial charge in [-0.3, -0.25) is 4.79 Å². The van der Waals surface area contributed by atoms with Crippen molar-refractivity contribution in [2.24, 2.45) is 0 Å². The summed E-state index contributed by atoms with van der Waals surface area (Å²) in [6.07, 6.45) is 0.807. The molecule has 0 unspecified atom stereocenters. The number of rotatable bonds is 9. The van der Waals surface area contributed by atoms with Gasteiger partial charge in [0.2, 0.25) is 10.0 Å². The van der Waals surface area contributed by atoms with Crippen LogP contribution in [0.4, 0.5) is 0 Å². The van der Waals surface area contributed by atoms with Crippen LogP contribution in [0.15, 0.2) is 47.4 Å². The number of carbonyl (C=O) groups excluding carboxylic acids is 1. The maximum Gasteiger partial charge on any atom is 0.251 e. The van der Waals surface area contributed by atoms with Crippen LogP contribution in [0.5, 0.6) is 0 Å². The van der Waals surface area contributed by atoms with Crippen LogP contribution in [0.1, 0.15) is 33.5 Å². The first-order valence-electron chi connectivity index (χ1n) is 9.30. The standard InChI is InChI=1S/C21H29N3O3S/c1-16-13-19(14-20(17(16)2)28(26,27)22-3)21(25)23-11-8-12-24(4)15-18-9-6-5-7-10-18/h5-7,9-10,13-14,22H,8,11-12,15H2,1-4H3,(H,23,25). The second-order valence-corrected chi connectivity index (χ2v) is 8.81. The minimum Gasteiger partial charge on any atom is -0.352 e. The molecule has 2 aromatic rings. The highest BCUT2D eigenvalue weighted by atomic mass is 32.2. The van der Waals surface area contributed by atoms with Crippen LogP contribution in [-0.4, -0.2) is 46.4 Å². The summed E-state index contributed by atoms with van der Waals surface area (Å²) in [6.45, 7) is 5.78. The minimum atomic E-state index is -3.61. The zero-order valence-electron chi connectivity index (χ0n) is 17.0. The van der Waals surface area contributed by atoms with Crippen molar-refractivity contribution in [3.05, 3.63) is 64.7 Å². The van der Waals surface area contributed by atoms with Crippen LogP contribution in [0, 0.1) is 13.8 Å². The van der Waals surface area contributed by atoms with Crippen LogP contribution in [0.25, 0.3) is 0 Å². The number of aryl methyl sites for hydroxylation is 1. The molecule has 28 heavy (non-hydrogen) atoms. The number of nitrogens with one attached hydrogen (secondary N) is 2. The Balaban J connectivity index is 1.91. The van der Waals surface area contributed by atoms with Crippen LogP contribution in [0.3, 0.4) is 0 Å². The van der Waals surface area contributed by atoms with E-state index >= 15 is 0 Å². The Hall–Kier alpha value is -2.22. The van der Waals surface area contributed by atoms with E-state index in [1.165, 1.54) is 18.7 Å². The van der Waals surface area contributed by atoms with Crippen molar-refractivity contribution in [3.63, 3.8) is 0 Å². The van der Waals surface area contributed by atoms with E-state index in [-0.39, 0.29) is 10.8 Å². The summed E-state index contributed by atoms with van der Waals surface area (Å²) < 4.78 is 26.7. The summed E-state index contributed by atoms with van der Waals surface area (Å²) >= 11 is 0. The molecule has 152 valence electrons. The maximum absolute atomic E-state index is 12.5. The van der Waals surface area contributed by atoms with Crippen molar-refractivity contribution >= 4 is 15.9 Å². The van der Waals surface area contributed by atoms with Gasteiger partial charge in [0.1, 0.15) is 0 Å². The minimum absolute atomic E-state index is 0.141. The van der Waals surface area contributed by atoms with Crippen molar-refractivity contribution in [2.75, 3.05) is 27.2 Å². The molecule has 1 amide bonds. The predicted octanol–water partition coefficient (Wildman–Crippen LogP) is 2.46. The number of carbonyl (C=O) groups is 1. The molecule has 0 aliphatic carbocycles. The second-order valence-electron chi connectivity index (χ2n) is 6.96. The fraction of sp³-hybridized carbons (Fsp3) is 0.381. The molecule has 0 saturated carbocycles. The van der Waals surface area contributed by atoms with E-state index in [2.05, 4.69) is 27.1 Å². The normalized spacial score (nSPS) is 11.6. The highest BCUT2D eigenvalue weighted by Crippen LogP contribution is 2.21. The SMILES string of the molecule is CNS(=O)(=O)c1cc(C(=O)NCCCN(C)Cc2ccccc2)cc(C)c1C. The molecule has 0 spiro atoms. The van der Waals surface area contributed by atoms with E-state index in [1.807, 2.05) is 25.2 Å². The molecule has 0 heterocycles. The van der Waals surface area contributed by atoms with Crippen LogP contribution in [0.2, 0.25) is 0 Å². The molecule has 2 N–H and O–H groups in total. The third-order valence-electron chi connectivity index (χ3n) is 4.74. The molecule has 0 aliphatic heterocycles. The van der Waals surface area contributed by atoms with Gasteiger partial charge in [-0.15, -0.1) is 0 Å². The van der Waals surface area contributed by atoms with Crippen LogP contribution in [-0.2, 0) is 16.6 Å². The van der Waals surface area contributed by atoms with Gasteiger partial charge in [0.15, 0.2) is 0 Å². The van der Waals surface area contributed by atoms with Gasteiger partial charge in [-0.25, -0.2) is 13.1 Å². The van der Waals surface area contributed by atoms with Gasteiger partial charge in [-0.05, 0) is 69.7 Å². The van der Waals surface area contributed by atoms with Crippen LogP contribution < -0.4 is 10.0 Å². The lowest BCUT2D eigenvalue weighted by Crippen LogP contribution is -2.28. The average Bonchev–Trinajstić information content (AvgIpc) is 2.67. The summed E-state index contributed by atoms with van der Waals surface area (Å²) in [7, 11) is -0.198. The summed E-state index contributed by atoms with van der Waals surface area (Å²) in [6, 6.07) is 13.4. The molecule has 0 fully saturated rings. The number of hydrogen-bond acceptors (Lipinski definition) is 4. The lowest BCUT2D eigenvalue weighted by molar-refractivity contribution is 0.0951. The Morgan fingerprint density at radius 1 is 1.11 bits per heavy atom. The highest BCUT2D eigenvalue weighted by Gasteiger charge is 2.19. The zero-order valence-corrected chi connectivity index (χ0v) is 17.8. The number of hydrogen-bond donors (Lipinski definition) is 2. The Kier molecular flexibility index (Phi) is 7.74. The molecule has 0 atom stereocenters. The molecule has 0 aromatic heterocycles. The summed E-state index contributed by atoms with van der Waals surface area (Å²) in [4.78, 5) is 14.8. The molecule has 7 heteroatoms. The first kappa shape index (κ1) is 22.1. The third kappa shape index (κ3) is 5.89. The van der Waals surface area contributed by atoms with Gasteiger partial charge in [0.05, 0.1) is 4.90 Å². The van der Waals surface area contributed by atoms with Gasteiger partial charge in [-0.2, -0.15) is 0 Å². The Labute approximate surface area is 168 Å². The zero-order chi connectivity index (χ0) is 20.7. The monoisotopic (exact) mass is 403 g/mol. The van der Waals surface area contributed by atoms with Crippen molar-refractivity contribution in [1.82, 2.24) is 14.9 Å².